The molecule has 6 nitrogen and oxygen atoms in total. The van der Waals surface area contributed by atoms with Crippen molar-refractivity contribution in [1.29, 1.82) is 5.26 Å². The molecule has 2 amide bonds. The van der Waals surface area contributed by atoms with Crippen molar-refractivity contribution in [1.82, 2.24) is 0 Å². The van der Waals surface area contributed by atoms with E-state index < -0.39 is 11.8 Å². The Balaban J connectivity index is 1.73. The fourth-order valence-electron chi connectivity index (χ4n) is 3.00. The van der Waals surface area contributed by atoms with Gasteiger partial charge in [0.2, 0.25) is 0 Å². The van der Waals surface area contributed by atoms with Crippen molar-refractivity contribution < 1.29 is 14.3 Å². The van der Waals surface area contributed by atoms with Gasteiger partial charge in [0.15, 0.2) is 6.61 Å². The summed E-state index contributed by atoms with van der Waals surface area (Å²) in [6.45, 7) is 3.58. The van der Waals surface area contributed by atoms with Gasteiger partial charge < -0.3 is 15.4 Å². The van der Waals surface area contributed by atoms with E-state index in [0.29, 0.717) is 27.7 Å². The second kappa shape index (κ2) is 11.0. The number of hydrogen-bond acceptors (Lipinski definition) is 4. The first-order valence-corrected chi connectivity index (χ1v) is 10.5. The van der Waals surface area contributed by atoms with Crippen LogP contribution >= 0.6 is 11.6 Å². The number of para-hydroxylation sites is 2. The van der Waals surface area contributed by atoms with E-state index in [4.69, 9.17) is 16.3 Å². The van der Waals surface area contributed by atoms with Crippen molar-refractivity contribution >= 4 is 40.9 Å². The van der Waals surface area contributed by atoms with Gasteiger partial charge in [0.05, 0.1) is 10.7 Å². The molecule has 0 aromatic heterocycles. The average molecular weight is 460 g/mol. The van der Waals surface area contributed by atoms with Crippen LogP contribution in [0.15, 0.2) is 72.3 Å². The third-order valence-corrected chi connectivity index (χ3v) is 5.27. The molecular weight excluding hydrogens is 438 g/mol. The number of anilines is 2. The maximum absolute atomic E-state index is 12.7. The molecule has 0 radical (unpaired) electrons. The summed E-state index contributed by atoms with van der Waals surface area (Å²) in [4.78, 5) is 25.0. The van der Waals surface area contributed by atoms with Crippen LogP contribution < -0.4 is 15.4 Å². The molecule has 0 saturated carbocycles. The number of ether oxygens (including phenoxy) is 1. The molecule has 0 unspecified atom stereocenters. The Hall–Kier alpha value is -4.08. The van der Waals surface area contributed by atoms with Gasteiger partial charge in [-0.25, -0.2) is 0 Å². The van der Waals surface area contributed by atoms with E-state index in [1.54, 1.807) is 54.6 Å². The Labute approximate surface area is 197 Å². The molecule has 0 aliphatic rings. The molecule has 0 saturated heterocycles. The highest BCUT2D eigenvalue weighted by molar-refractivity contribution is 6.33. The summed E-state index contributed by atoms with van der Waals surface area (Å²) >= 11 is 6.06. The third kappa shape index (κ3) is 6.22. The summed E-state index contributed by atoms with van der Waals surface area (Å²) in [5.41, 5.74) is 3.49. The third-order valence-electron chi connectivity index (χ3n) is 4.94. The highest BCUT2D eigenvalue weighted by atomic mass is 35.5. The molecule has 3 aromatic rings. The number of halogens is 1. The number of nitrogens with zero attached hydrogens (tertiary/aromatic N) is 1. The van der Waals surface area contributed by atoms with Crippen molar-refractivity contribution in [3.63, 3.8) is 0 Å². The van der Waals surface area contributed by atoms with E-state index in [1.165, 1.54) is 6.08 Å². The van der Waals surface area contributed by atoms with Crippen molar-refractivity contribution in [3.05, 3.63) is 94.0 Å². The van der Waals surface area contributed by atoms with E-state index in [0.717, 1.165) is 11.1 Å². The number of hydrogen-bond donors (Lipinski definition) is 2. The number of nitrogens with one attached hydrogen (secondary N) is 2. The molecule has 0 bridgehead atoms. The summed E-state index contributed by atoms with van der Waals surface area (Å²) in [5, 5.41) is 15.4. The lowest BCUT2D eigenvalue weighted by molar-refractivity contribution is -0.118. The van der Waals surface area contributed by atoms with Crippen molar-refractivity contribution in [3.8, 4) is 11.8 Å². The zero-order chi connectivity index (χ0) is 23.8. The fraction of sp³-hybridized carbons (Fsp3) is 0.115. The Morgan fingerprint density at radius 1 is 0.970 bits per heavy atom. The number of nitriles is 1. The first kappa shape index (κ1) is 23.6. The van der Waals surface area contributed by atoms with Crippen molar-refractivity contribution in [2.45, 2.75) is 13.8 Å². The number of amides is 2. The standard InChI is InChI=1S/C26H22ClN3O3/c1-17-8-7-12-22(18(17)2)30-26(32)20(15-28)14-19-9-3-6-13-24(19)33-16-25(31)29-23-11-5-4-10-21(23)27/h3-14H,16H2,1-2H3,(H,29,31)(H,30,32)/b20-14-. The summed E-state index contributed by atoms with van der Waals surface area (Å²) in [7, 11) is 0. The van der Waals surface area contributed by atoms with Gasteiger partial charge in [-0.2, -0.15) is 5.26 Å². The Kier molecular flexibility index (Phi) is 7.85. The molecular formula is C26H22ClN3O3. The van der Waals surface area contributed by atoms with Crippen LogP contribution in [0.25, 0.3) is 6.08 Å². The van der Waals surface area contributed by atoms with Crippen molar-refractivity contribution in [2.24, 2.45) is 0 Å². The first-order valence-electron chi connectivity index (χ1n) is 10.1. The predicted molar refractivity (Wildman–Crippen MR) is 130 cm³/mol. The molecule has 2 N–H and O–H groups in total. The number of rotatable bonds is 7. The summed E-state index contributed by atoms with van der Waals surface area (Å²) < 4.78 is 5.65. The summed E-state index contributed by atoms with van der Waals surface area (Å²) in [6.07, 6.45) is 1.43. The van der Waals surface area contributed by atoms with Gasteiger partial charge in [0, 0.05) is 11.3 Å². The molecule has 7 heteroatoms. The first-order chi connectivity index (χ1) is 15.9. The van der Waals surface area contributed by atoms with Crippen LogP contribution in [0.4, 0.5) is 11.4 Å². The quantitative estimate of drug-likeness (QED) is 0.359. The Morgan fingerprint density at radius 2 is 1.67 bits per heavy atom. The number of carbonyl (C=O) groups is 2. The Bertz CT molecular complexity index is 1260. The minimum absolute atomic E-state index is 0.0903. The second-order valence-corrected chi connectivity index (χ2v) is 7.63. The minimum Gasteiger partial charge on any atom is -0.483 e. The van der Waals surface area contributed by atoms with Crippen LogP contribution in [-0.4, -0.2) is 18.4 Å². The summed E-state index contributed by atoms with van der Waals surface area (Å²) in [6, 6.07) is 21.2. The smallest absolute Gasteiger partial charge is 0.266 e. The molecule has 0 heterocycles. The van der Waals surface area contributed by atoms with Crippen LogP contribution in [0.2, 0.25) is 5.02 Å². The molecule has 3 rings (SSSR count). The highest BCUT2D eigenvalue weighted by Gasteiger charge is 2.14. The zero-order valence-electron chi connectivity index (χ0n) is 18.2. The second-order valence-electron chi connectivity index (χ2n) is 7.23. The molecule has 0 spiro atoms. The molecule has 0 aliphatic carbocycles. The van der Waals surface area contributed by atoms with Gasteiger partial charge >= 0.3 is 0 Å². The van der Waals surface area contributed by atoms with Crippen LogP contribution in [0.1, 0.15) is 16.7 Å². The molecule has 0 fully saturated rings. The van der Waals surface area contributed by atoms with Crippen LogP contribution in [0.5, 0.6) is 5.75 Å². The fourth-order valence-corrected chi connectivity index (χ4v) is 3.19. The van der Waals surface area contributed by atoms with Crippen LogP contribution in [0, 0.1) is 25.2 Å². The van der Waals surface area contributed by atoms with Crippen LogP contribution in [-0.2, 0) is 9.59 Å². The van der Waals surface area contributed by atoms with E-state index in [-0.39, 0.29) is 12.2 Å². The van der Waals surface area contributed by atoms with E-state index in [2.05, 4.69) is 10.6 Å². The topological polar surface area (TPSA) is 91.2 Å². The lowest BCUT2D eigenvalue weighted by Gasteiger charge is -2.12. The lowest BCUT2D eigenvalue weighted by Crippen LogP contribution is -2.20. The molecule has 33 heavy (non-hydrogen) atoms. The number of aryl methyl sites for hydroxylation is 1. The lowest BCUT2D eigenvalue weighted by atomic mass is 10.1. The van der Waals surface area contributed by atoms with Gasteiger partial charge in [-0.05, 0) is 55.3 Å². The molecule has 0 atom stereocenters. The Morgan fingerprint density at radius 3 is 2.42 bits per heavy atom. The zero-order valence-corrected chi connectivity index (χ0v) is 18.9. The largest absolute Gasteiger partial charge is 0.483 e. The van der Waals surface area contributed by atoms with Crippen molar-refractivity contribution in [2.75, 3.05) is 17.2 Å². The molecule has 0 aliphatic heterocycles. The monoisotopic (exact) mass is 459 g/mol. The van der Waals surface area contributed by atoms with Gasteiger partial charge in [-0.15, -0.1) is 0 Å². The maximum atomic E-state index is 12.7. The normalized spacial score (nSPS) is 10.8. The molecule has 3 aromatic carbocycles. The average Bonchev–Trinajstić information content (AvgIpc) is 2.81. The number of benzene rings is 3. The van der Waals surface area contributed by atoms with Crippen LogP contribution in [0.3, 0.4) is 0 Å². The maximum Gasteiger partial charge on any atom is 0.266 e. The minimum atomic E-state index is -0.530. The predicted octanol–water partition coefficient (Wildman–Crippen LogP) is 5.52. The highest BCUT2D eigenvalue weighted by Crippen LogP contribution is 2.24. The molecule has 166 valence electrons. The van der Waals surface area contributed by atoms with Gasteiger partial charge in [-0.3, -0.25) is 9.59 Å². The number of carbonyl (C=O) groups excluding carboxylic acids is 2. The van der Waals surface area contributed by atoms with E-state index in [1.807, 2.05) is 32.0 Å². The van der Waals surface area contributed by atoms with E-state index >= 15 is 0 Å². The van der Waals surface area contributed by atoms with Gasteiger partial charge in [-0.1, -0.05) is 54.1 Å². The summed E-state index contributed by atoms with van der Waals surface area (Å²) in [5.74, 6) is -0.563. The SMILES string of the molecule is Cc1cccc(NC(=O)/C(C#N)=C\c2ccccc2OCC(=O)Nc2ccccc2Cl)c1C. The van der Waals surface area contributed by atoms with Gasteiger partial charge in [0.1, 0.15) is 17.4 Å². The van der Waals surface area contributed by atoms with E-state index in [9.17, 15) is 14.9 Å². The van der Waals surface area contributed by atoms with Gasteiger partial charge in [0.25, 0.3) is 11.8 Å².